The third kappa shape index (κ3) is 4.96. The van der Waals surface area contributed by atoms with Gasteiger partial charge in [0.2, 0.25) is 0 Å². The Morgan fingerprint density at radius 3 is 2.76 bits per heavy atom. The Bertz CT molecular complexity index is 1020. The van der Waals surface area contributed by atoms with Crippen molar-refractivity contribution in [1.82, 2.24) is 0 Å². The smallest absolute Gasteiger partial charge is 0.336 e. The van der Waals surface area contributed by atoms with Crippen LogP contribution >= 0.6 is 35.0 Å². The zero-order valence-corrected chi connectivity index (χ0v) is 15.3. The molecular weight excluding hydrogens is 379 g/mol. The normalized spacial score (nSPS) is 10.3. The van der Waals surface area contributed by atoms with Gasteiger partial charge in [-0.2, -0.15) is 0 Å². The number of rotatable bonds is 4. The molecule has 3 aromatic rings. The summed E-state index contributed by atoms with van der Waals surface area (Å²) in [6.45, 7) is 0.255. The van der Waals surface area contributed by atoms with Crippen LogP contribution in [0.2, 0.25) is 10.0 Å². The molecule has 1 aromatic heterocycles. The highest BCUT2D eigenvalue weighted by Crippen LogP contribution is 2.27. The van der Waals surface area contributed by atoms with Gasteiger partial charge in [-0.1, -0.05) is 35.0 Å². The summed E-state index contributed by atoms with van der Waals surface area (Å²) in [7, 11) is 0. The van der Waals surface area contributed by atoms with E-state index in [4.69, 9.17) is 32.4 Å². The number of ether oxygens (including phenoxy) is 1. The third-order valence-electron chi connectivity index (χ3n) is 3.22. The summed E-state index contributed by atoms with van der Waals surface area (Å²) in [5.41, 5.74) is 0.232. The quantitative estimate of drug-likeness (QED) is 0.345. The second-order valence-electron chi connectivity index (χ2n) is 4.96. The monoisotopic (exact) mass is 390 g/mol. The molecule has 3 nitrogen and oxygen atoms in total. The molecule has 0 radical (unpaired) electrons. The first-order chi connectivity index (χ1) is 12.1. The Morgan fingerprint density at radius 2 is 1.92 bits per heavy atom. The molecule has 0 saturated heterocycles. The van der Waals surface area contributed by atoms with E-state index in [2.05, 4.69) is 11.8 Å². The third-order valence-corrected chi connectivity index (χ3v) is 4.63. The summed E-state index contributed by atoms with van der Waals surface area (Å²) in [6.07, 6.45) is 0. The average molecular weight is 391 g/mol. The van der Waals surface area contributed by atoms with Gasteiger partial charge in [0.05, 0.1) is 10.8 Å². The highest BCUT2D eigenvalue weighted by Gasteiger charge is 2.01. The summed E-state index contributed by atoms with van der Waals surface area (Å²) in [5, 5.41) is 1.92. The Morgan fingerprint density at radius 1 is 1.04 bits per heavy atom. The van der Waals surface area contributed by atoms with Gasteiger partial charge in [0.1, 0.15) is 17.9 Å². The fourth-order valence-corrected chi connectivity index (χ4v) is 3.25. The first kappa shape index (κ1) is 17.8. The zero-order valence-electron chi connectivity index (χ0n) is 12.9. The van der Waals surface area contributed by atoms with Crippen molar-refractivity contribution in [2.75, 3.05) is 12.4 Å². The highest BCUT2D eigenvalue weighted by atomic mass is 35.5. The molecule has 25 heavy (non-hydrogen) atoms. The van der Waals surface area contributed by atoms with Crippen LogP contribution in [0.1, 0.15) is 0 Å². The van der Waals surface area contributed by atoms with Crippen LogP contribution in [0.5, 0.6) is 5.75 Å². The first-order valence-corrected chi connectivity index (χ1v) is 9.06. The molecule has 0 N–H and O–H groups in total. The Hall–Kier alpha value is -2.06. The predicted octanol–water partition coefficient (Wildman–Crippen LogP) is 5.27. The molecule has 6 heteroatoms. The molecule has 0 unspecified atom stereocenters. The van der Waals surface area contributed by atoms with Crippen LogP contribution < -0.4 is 10.4 Å². The number of thioether (sulfide) groups is 1. The van der Waals surface area contributed by atoms with E-state index in [1.807, 2.05) is 12.1 Å². The van der Waals surface area contributed by atoms with E-state index in [1.54, 1.807) is 42.1 Å². The lowest BCUT2D eigenvalue weighted by molar-refractivity contribution is 0.370. The summed E-state index contributed by atoms with van der Waals surface area (Å²) < 4.78 is 10.6. The minimum Gasteiger partial charge on any atom is -0.479 e. The molecular formula is C19H12Cl2O3S. The van der Waals surface area contributed by atoms with Gasteiger partial charge in [0.25, 0.3) is 0 Å². The van der Waals surface area contributed by atoms with E-state index in [0.717, 1.165) is 10.3 Å². The van der Waals surface area contributed by atoms with Gasteiger partial charge in [-0.25, -0.2) is 4.79 Å². The summed E-state index contributed by atoms with van der Waals surface area (Å²) in [6, 6.07) is 13.9. The van der Waals surface area contributed by atoms with Crippen LogP contribution in [0, 0.1) is 11.8 Å². The zero-order chi connectivity index (χ0) is 17.6. The minimum atomic E-state index is -0.348. The second-order valence-corrected chi connectivity index (χ2v) is 6.85. The van der Waals surface area contributed by atoms with Crippen LogP contribution in [-0.2, 0) is 0 Å². The number of hydrogen-bond acceptors (Lipinski definition) is 4. The van der Waals surface area contributed by atoms with E-state index in [-0.39, 0.29) is 12.2 Å². The van der Waals surface area contributed by atoms with E-state index in [1.165, 1.54) is 6.07 Å². The fraction of sp³-hybridized carbons (Fsp3) is 0.105. The summed E-state index contributed by atoms with van der Waals surface area (Å²) in [4.78, 5) is 12.2. The summed E-state index contributed by atoms with van der Waals surface area (Å²) in [5.74, 6) is 7.17. The largest absolute Gasteiger partial charge is 0.479 e. The van der Waals surface area contributed by atoms with Gasteiger partial charge in [-0.05, 0) is 42.5 Å². The molecule has 0 aliphatic carbocycles. The molecule has 126 valence electrons. The average Bonchev–Trinajstić information content (AvgIpc) is 2.59. The van der Waals surface area contributed by atoms with Crippen molar-refractivity contribution >= 4 is 45.9 Å². The second kappa shape index (κ2) is 8.35. The van der Waals surface area contributed by atoms with Gasteiger partial charge >= 0.3 is 5.63 Å². The molecule has 0 fully saturated rings. The lowest BCUT2D eigenvalue weighted by Crippen LogP contribution is -1.94. The topological polar surface area (TPSA) is 39.4 Å². The predicted molar refractivity (Wildman–Crippen MR) is 103 cm³/mol. The van der Waals surface area contributed by atoms with Crippen molar-refractivity contribution in [3.63, 3.8) is 0 Å². The SMILES string of the molecule is O=c1ccc2cc(SCC#CCOc3ccc(Cl)cc3Cl)ccc2o1. The van der Waals surface area contributed by atoms with E-state index < -0.39 is 0 Å². The number of benzene rings is 2. The van der Waals surface area contributed by atoms with Crippen LogP contribution in [-0.4, -0.2) is 12.4 Å². The van der Waals surface area contributed by atoms with Crippen molar-refractivity contribution in [2.24, 2.45) is 0 Å². The maximum absolute atomic E-state index is 11.2. The molecule has 2 aromatic carbocycles. The summed E-state index contributed by atoms with van der Waals surface area (Å²) >= 11 is 13.4. The Labute approximate surface area is 158 Å². The van der Waals surface area contributed by atoms with Crippen molar-refractivity contribution in [1.29, 1.82) is 0 Å². The molecule has 3 rings (SSSR count). The molecule has 0 saturated carbocycles. The number of halogens is 2. The van der Waals surface area contributed by atoms with E-state index in [9.17, 15) is 4.79 Å². The Balaban J connectivity index is 1.52. The maximum atomic E-state index is 11.2. The molecule has 0 bridgehead atoms. The Kier molecular flexibility index (Phi) is 5.93. The highest BCUT2D eigenvalue weighted by molar-refractivity contribution is 7.99. The van der Waals surface area contributed by atoms with E-state index in [0.29, 0.717) is 27.1 Å². The van der Waals surface area contributed by atoms with E-state index >= 15 is 0 Å². The number of hydrogen-bond donors (Lipinski definition) is 0. The molecule has 0 aliphatic rings. The standard InChI is InChI=1S/C19H12Cl2O3S/c20-14-4-6-18(16(21)12-14)23-9-1-2-10-25-15-5-7-17-13(11-15)3-8-19(22)24-17/h3-8,11-12H,9-10H2. The molecule has 0 amide bonds. The molecule has 0 spiro atoms. The van der Waals surface area contributed by atoms with Crippen LogP contribution in [0.25, 0.3) is 11.0 Å². The van der Waals surface area contributed by atoms with Crippen molar-refractivity contribution in [3.05, 3.63) is 69.0 Å². The van der Waals surface area contributed by atoms with Crippen molar-refractivity contribution < 1.29 is 9.15 Å². The molecule has 0 atom stereocenters. The minimum absolute atomic E-state index is 0.255. The van der Waals surface area contributed by atoms with Gasteiger partial charge in [0, 0.05) is 21.4 Å². The van der Waals surface area contributed by atoms with Crippen LogP contribution in [0.3, 0.4) is 0 Å². The molecule has 0 aliphatic heterocycles. The van der Waals surface area contributed by atoms with Crippen LogP contribution in [0.15, 0.2) is 62.6 Å². The lowest BCUT2D eigenvalue weighted by atomic mass is 10.2. The van der Waals surface area contributed by atoms with Crippen LogP contribution in [0.4, 0.5) is 0 Å². The van der Waals surface area contributed by atoms with Crippen molar-refractivity contribution in [2.45, 2.75) is 4.90 Å². The first-order valence-electron chi connectivity index (χ1n) is 7.32. The van der Waals surface area contributed by atoms with Gasteiger partial charge in [0.15, 0.2) is 0 Å². The van der Waals surface area contributed by atoms with Crippen molar-refractivity contribution in [3.8, 4) is 17.6 Å². The fourth-order valence-electron chi connectivity index (χ4n) is 2.07. The van der Waals surface area contributed by atoms with Gasteiger partial charge < -0.3 is 9.15 Å². The maximum Gasteiger partial charge on any atom is 0.336 e. The number of fused-ring (bicyclic) bond motifs is 1. The van der Waals surface area contributed by atoms with Gasteiger partial charge in [-0.3, -0.25) is 0 Å². The molecule has 1 heterocycles. The lowest BCUT2D eigenvalue weighted by Gasteiger charge is -2.04. The van der Waals surface area contributed by atoms with Gasteiger partial charge in [-0.15, -0.1) is 11.8 Å².